The molecule has 156 valence electrons. The maximum atomic E-state index is 13.5. The van der Waals surface area contributed by atoms with E-state index in [-0.39, 0.29) is 12.5 Å². The average molecular weight is 427 g/mol. The molecule has 4 aromatic rings. The third-order valence-corrected chi connectivity index (χ3v) is 5.78. The molecule has 4 heterocycles. The van der Waals surface area contributed by atoms with Crippen molar-refractivity contribution in [3.8, 4) is 5.88 Å². The number of carbonyl (C=O) groups excluding carboxylic acids is 1. The second-order valence-electron chi connectivity index (χ2n) is 6.64. The van der Waals surface area contributed by atoms with E-state index in [0.29, 0.717) is 46.0 Å². The number of ether oxygens (including phenoxy) is 2. The van der Waals surface area contributed by atoms with Gasteiger partial charge >= 0.3 is 0 Å². The number of thiophene rings is 1. The molecular formula is C21H21N3O5S. The SMILES string of the molecule is COCc1nc(OC)c2c(C)c(C(=O)N(Cc3ccco3)Cc3ccco3)sc2n1. The topological polar surface area (TPSA) is 90.8 Å². The normalized spacial score (nSPS) is 11.2. The minimum absolute atomic E-state index is 0.140. The van der Waals surface area contributed by atoms with E-state index >= 15 is 0 Å². The highest BCUT2D eigenvalue weighted by molar-refractivity contribution is 7.20. The van der Waals surface area contributed by atoms with Gasteiger partial charge in [-0.1, -0.05) is 0 Å². The molecule has 30 heavy (non-hydrogen) atoms. The van der Waals surface area contributed by atoms with E-state index in [1.807, 2.05) is 19.1 Å². The van der Waals surface area contributed by atoms with Gasteiger partial charge in [-0.2, -0.15) is 4.98 Å². The highest BCUT2D eigenvalue weighted by Gasteiger charge is 2.26. The fourth-order valence-electron chi connectivity index (χ4n) is 3.21. The molecule has 0 aliphatic rings. The molecule has 0 bridgehead atoms. The molecular weight excluding hydrogens is 406 g/mol. The number of fused-ring (bicyclic) bond motifs is 1. The van der Waals surface area contributed by atoms with E-state index in [1.165, 1.54) is 11.3 Å². The molecule has 1 amide bonds. The van der Waals surface area contributed by atoms with Crippen molar-refractivity contribution in [3.05, 3.63) is 64.6 Å². The summed E-state index contributed by atoms with van der Waals surface area (Å²) in [5.74, 6) is 2.18. The number of aryl methyl sites for hydroxylation is 1. The predicted octanol–water partition coefficient (Wildman–Crippen LogP) is 4.18. The van der Waals surface area contributed by atoms with E-state index < -0.39 is 0 Å². The number of carbonyl (C=O) groups is 1. The van der Waals surface area contributed by atoms with Crippen LogP contribution in [-0.4, -0.2) is 35.0 Å². The lowest BCUT2D eigenvalue weighted by Gasteiger charge is -2.20. The van der Waals surface area contributed by atoms with Gasteiger partial charge in [-0.25, -0.2) is 4.98 Å². The van der Waals surface area contributed by atoms with Gasteiger partial charge in [0.1, 0.15) is 23.0 Å². The highest BCUT2D eigenvalue weighted by atomic mass is 32.1. The largest absolute Gasteiger partial charge is 0.480 e. The van der Waals surface area contributed by atoms with Crippen molar-refractivity contribution in [1.29, 1.82) is 0 Å². The first-order valence-electron chi connectivity index (χ1n) is 9.27. The molecule has 0 fully saturated rings. The molecule has 0 radical (unpaired) electrons. The lowest BCUT2D eigenvalue weighted by atomic mass is 10.2. The second-order valence-corrected chi connectivity index (χ2v) is 7.64. The first kappa shape index (κ1) is 20.1. The first-order chi connectivity index (χ1) is 14.6. The summed E-state index contributed by atoms with van der Waals surface area (Å²) in [7, 11) is 3.13. The lowest BCUT2D eigenvalue weighted by Crippen LogP contribution is -2.29. The summed E-state index contributed by atoms with van der Waals surface area (Å²) >= 11 is 1.32. The van der Waals surface area contributed by atoms with Gasteiger partial charge in [0.25, 0.3) is 5.91 Å². The van der Waals surface area contributed by atoms with Crippen LogP contribution >= 0.6 is 11.3 Å². The molecule has 0 aromatic carbocycles. The van der Waals surface area contributed by atoms with Crippen molar-refractivity contribution in [1.82, 2.24) is 14.9 Å². The minimum atomic E-state index is -0.140. The number of aromatic nitrogens is 2. The number of amides is 1. The van der Waals surface area contributed by atoms with Gasteiger partial charge in [-0.05, 0) is 36.8 Å². The Morgan fingerprint density at radius 1 is 1.10 bits per heavy atom. The molecule has 0 atom stereocenters. The second kappa shape index (κ2) is 8.68. The first-order valence-corrected chi connectivity index (χ1v) is 10.1. The fraction of sp³-hybridized carbons (Fsp3) is 0.286. The van der Waals surface area contributed by atoms with Crippen LogP contribution in [0.1, 0.15) is 32.6 Å². The number of hydrogen-bond acceptors (Lipinski definition) is 8. The van der Waals surface area contributed by atoms with Crippen molar-refractivity contribution in [2.45, 2.75) is 26.6 Å². The Morgan fingerprint density at radius 3 is 2.30 bits per heavy atom. The Labute approximate surface area is 177 Å². The summed E-state index contributed by atoms with van der Waals surface area (Å²) in [5, 5.41) is 0.738. The zero-order chi connectivity index (χ0) is 21.1. The Hall–Kier alpha value is -3.17. The summed E-state index contributed by atoms with van der Waals surface area (Å²) in [6.07, 6.45) is 3.18. The zero-order valence-electron chi connectivity index (χ0n) is 16.9. The molecule has 4 rings (SSSR count). The third-order valence-electron chi connectivity index (χ3n) is 4.61. The quantitative estimate of drug-likeness (QED) is 0.416. The standard InChI is InChI=1S/C21H21N3O5S/c1-13-17-19(27-3)22-16(12-26-2)23-20(17)30-18(13)21(25)24(10-14-6-4-8-28-14)11-15-7-5-9-29-15/h4-9H,10-12H2,1-3H3. The van der Waals surface area contributed by atoms with Crippen LogP contribution in [0.2, 0.25) is 0 Å². The van der Waals surface area contributed by atoms with Crippen molar-refractivity contribution in [2.75, 3.05) is 14.2 Å². The number of methoxy groups -OCH3 is 2. The van der Waals surface area contributed by atoms with E-state index in [9.17, 15) is 4.79 Å². The van der Waals surface area contributed by atoms with Gasteiger partial charge in [-0.3, -0.25) is 4.79 Å². The summed E-state index contributed by atoms with van der Waals surface area (Å²) in [5.41, 5.74) is 0.782. The molecule has 0 aliphatic heterocycles. The summed E-state index contributed by atoms with van der Waals surface area (Å²) in [6.45, 7) is 2.78. The summed E-state index contributed by atoms with van der Waals surface area (Å²) in [6, 6.07) is 7.28. The van der Waals surface area contributed by atoms with Gasteiger partial charge in [0.15, 0.2) is 5.82 Å². The molecule has 0 spiro atoms. The van der Waals surface area contributed by atoms with Crippen molar-refractivity contribution < 1.29 is 23.1 Å². The third kappa shape index (κ3) is 3.94. The van der Waals surface area contributed by atoms with E-state index in [4.69, 9.17) is 18.3 Å². The minimum Gasteiger partial charge on any atom is -0.480 e. The van der Waals surface area contributed by atoms with Crippen LogP contribution in [0.3, 0.4) is 0 Å². The van der Waals surface area contributed by atoms with Crippen LogP contribution in [0.4, 0.5) is 0 Å². The molecule has 0 N–H and O–H groups in total. The number of rotatable bonds is 8. The fourth-order valence-corrected chi connectivity index (χ4v) is 4.37. The molecule has 0 saturated carbocycles. The molecule has 9 heteroatoms. The van der Waals surface area contributed by atoms with E-state index in [0.717, 1.165) is 10.9 Å². The summed E-state index contributed by atoms with van der Waals surface area (Å²) < 4.78 is 21.5. The Kier molecular flexibility index (Phi) is 5.82. The van der Waals surface area contributed by atoms with Crippen molar-refractivity contribution >= 4 is 27.5 Å². The van der Waals surface area contributed by atoms with Gasteiger partial charge in [-0.15, -0.1) is 11.3 Å². The number of hydrogen-bond donors (Lipinski definition) is 0. The van der Waals surface area contributed by atoms with Crippen LogP contribution in [0.5, 0.6) is 5.88 Å². The molecule has 0 unspecified atom stereocenters. The maximum Gasteiger partial charge on any atom is 0.265 e. The number of furan rings is 2. The average Bonchev–Trinajstić information content (AvgIpc) is 3.49. The van der Waals surface area contributed by atoms with Gasteiger partial charge < -0.3 is 23.2 Å². The Bertz CT molecular complexity index is 1100. The highest BCUT2D eigenvalue weighted by Crippen LogP contribution is 2.36. The van der Waals surface area contributed by atoms with E-state index in [1.54, 1.807) is 43.8 Å². The van der Waals surface area contributed by atoms with Crippen molar-refractivity contribution in [2.24, 2.45) is 0 Å². The molecule has 4 aromatic heterocycles. The molecule has 0 saturated heterocycles. The Morgan fingerprint density at radius 2 is 1.77 bits per heavy atom. The van der Waals surface area contributed by atoms with E-state index in [2.05, 4.69) is 9.97 Å². The Balaban J connectivity index is 1.73. The predicted molar refractivity (Wildman–Crippen MR) is 110 cm³/mol. The van der Waals surface area contributed by atoms with Crippen LogP contribution in [-0.2, 0) is 24.4 Å². The molecule has 8 nitrogen and oxygen atoms in total. The van der Waals surface area contributed by atoms with Crippen molar-refractivity contribution in [3.63, 3.8) is 0 Å². The maximum absolute atomic E-state index is 13.5. The van der Waals surface area contributed by atoms with Crippen LogP contribution in [0.15, 0.2) is 45.6 Å². The zero-order valence-corrected chi connectivity index (χ0v) is 17.7. The van der Waals surface area contributed by atoms with Crippen LogP contribution in [0, 0.1) is 6.92 Å². The number of nitrogens with zero attached hydrogens (tertiary/aromatic N) is 3. The monoisotopic (exact) mass is 427 g/mol. The van der Waals surface area contributed by atoms with Gasteiger partial charge in [0.2, 0.25) is 5.88 Å². The van der Waals surface area contributed by atoms with Gasteiger partial charge in [0, 0.05) is 7.11 Å². The molecule has 0 aliphatic carbocycles. The van der Waals surface area contributed by atoms with Crippen LogP contribution in [0.25, 0.3) is 10.2 Å². The van der Waals surface area contributed by atoms with Crippen LogP contribution < -0.4 is 4.74 Å². The van der Waals surface area contributed by atoms with Gasteiger partial charge in [0.05, 0.1) is 43.0 Å². The summed E-state index contributed by atoms with van der Waals surface area (Å²) in [4.78, 5) is 25.4. The lowest BCUT2D eigenvalue weighted by molar-refractivity contribution is 0.0709. The smallest absolute Gasteiger partial charge is 0.265 e.